The summed E-state index contributed by atoms with van der Waals surface area (Å²) < 4.78 is 5.36. The summed E-state index contributed by atoms with van der Waals surface area (Å²) in [7, 11) is 0. The van der Waals surface area contributed by atoms with Gasteiger partial charge in [-0.1, -0.05) is 66.7 Å². The zero-order valence-corrected chi connectivity index (χ0v) is 18.7. The van der Waals surface area contributed by atoms with Crippen molar-refractivity contribution in [2.24, 2.45) is 0 Å². The highest BCUT2D eigenvalue weighted by Crippen LogP contribution is 2.48. The van der Waals surface area contributed by atoms with Crippen molar-refractivity contribution < 1.29 is 0 Å². The van der Waals surface area contributed by atoms with Crippen LogP contribution in [0.5, 0.6) is 0 Å². The number of rotatable bonds is 2. The monoisotopic (exact) mass is 443 g/mol. The normalized spacial score (nSPS) is 11.8. The van der Waals surface area contributed by atoms with Crippen LogP contribution in [-0.4, -0.2) is 4.98 Å². The fourth-order valence-electron chi connectivity index (χ4n) is 4.73. The summed E-state index contributed by atoms with van der Waals surface area (Å²) >= 11 is 3.77. The third-order valence-corrected chi connectivity index (χ3v) is 8.36. The number of thiophene rings is 2. The van der Waals surface area contributed by atoms with Crippen LogP contribution in [-0.2, 0) is 0 Å². The molecule has 0 saturated heterocycles. The summed E-state index contributed by atoms with van der Waals surface area (Å²) in [6, 6.07) is 34.8. The molecule has 4 aromatic carbocycles. The van der Waals surface area contributed by atoms with Gasteiger partial charge in [0.1, 0.15) is 0 Å². The van der Waals surface area contributed by atoms with Gasteiger partial charge in [0.2, 0.25) is 0 Å². The largest absolute Gasteiger partial charge is 0.256 e. The van der Waals surface area contributed by atoms with E-state index in [1.165, 1.54) is 51.5 Å². The van der Waals surface area contributed by atoms with Crippen LogP contribution in [0, 0.1) is 0 Å². The maximum absolute atomic E-state index is 4.70. The van der Waals surface area contributed by atoms with Crippen LogP contribution in [0.25, 0.3) is 62.7 Å². The highest BCUT2D eigenvalue weighted by molar-refractivity contribution is 7.28. The van der Waals surface area contributed by atoms with E-state index < -0.39 is 0 Å². The molecule has 3 heterocycles. The third kappa shape index (κ3) is 2.65. The summed E-state index contributed by atoms with van der Waals surface area (Å²) in [6.45, 7) is 0. The first-order valence-corrected chi connectivity index (χ1v) is 12.3. The maximum Gasteiger partial charge on any atom is 0.0708 e. The quantitative estimate of drug-likeness (QED) is 0.259. The number of pyridine rings is 1. The predicted molar refractivity (Wildman–Crippen MR) is 141 cm³/mol. The minimum Gasteiger partial charge on any atom is -0.256 e. The summed E-state index contributed by atoms with van der Waals surface area (Å²) in [5.41, 5.74) is 4.70. The fourth-order valence-corrected chi connectivity index (χ4v) is 7.12. The topological polar surface area (TPSA) is 12.9 Å². The molecule has 7 aromatic rings. The van der Waals surface area contributed by atoms with Crippen molar-refractivity contribution in [3.8, 4) is 22.4 Å². The zero-order chi connectivity index (χ0) is 21.1. The van der Waals surface area contributed by atoms with Gasteiger partial charge in [0.05, 0.1) is 5.69 Å². The molecule has 0 aliphatic rings. The first-order valence-electron chi connectivity index (χ1n) is 10.6. The Morgan fingerprint density at radius 3 is 1.75 bits per heavy atom. The molecule has 3 heteroatoms. The highest BCUT2D eigenvalue weighted by Gasteiger charge is 2.19. The van der Waals surface area contributed by atoms with Crippen LogP contribution >= 0.6 is 22.7 Å². The van der Waals surface area contributed by atoms with Crippen molar-refractivity contribution >= 4 is 63.0 Å². The van der Waals surface area contributed by atoms with Gasteiger partial charge in [-0.25, -0.2) is 0 Å². The number of aromatic nitrogens is 1. The lowest BCUT2D eigenvalue weighted by atomic mass is 9.94. The molecule has 0 spiro atoms. The number of nitrogens with zero attached hydrogens (tertiary/aromatic N) is 1. The van der Waals surface area contributed by atoms with Gasteiger partial charge >= 0.3 is 0 Å². The van der Waals surface area contributed by atoms with E-state index in [-0.39, 0.29) is 0 Å². The molecular formula is C29H17NS2. The molecule has 0 unspecified atom stereocenters. The lowest BCUT2D eigenvalue weighted by molar-refractivity contribution is 1.33. The highest BCUT2D eigenvalue weighted by atomic mass is 32.1. The Morgan fingerprint density at radius 1 is 0.500 bits per heavy atom. The van der Waals surface area contributed by atoms with E-state index in [0.717, 1.165) is 11.3 Å². The van der Waals surface area contributed by atoms with Crippen molar-refractivity contribution in [3.05, 3.63) is 103 Å². The second kappa shape index (κ2) is 6.99. The van der Waals surface area contributed by atoms with E-state index in [1.54, 1.807) is 0 Å². The van der Waals surface area contributed by atoms with Crippen LogP contribution in [0.15, 0.2) is 103 Å². The molecule has 0 atom stereocenters. The first kappa shape index (κ1) is 18.1. The van der Waals surface area contributed by atoms with E-state index in [9.17, 15) is 0 Å². The predicted octanol–water partition coefficient (Wildman–Crippen LogP) is 9.15. The Kier molecular flexibility index (Phi) is 3.95. The van der Waals surface area contributed by atoms with Crippen LogP contribution < -0.4 is 0 Å². The molecule has 0 bridgehead atoms. The standard InChI is InChI=1S/C29H17NS2/c1-2-8-18(9-3-1)22-16-19(14-15-30-22)27-28-20-10-4-6-12-23(20)31-25(28)17-26-29(27)21-11-5-7-13-24(21)32-26/h1-17H. The molecule has 32 heavy (non-hydrogen) atoms. The molecule has 0 aliphatic heterocycles. The Hall–Kier alpha value is -3.53. The minimum absolute atomic E-state index is 1.01. The molecular weight excluding hydrogens is 426 g/mol. The van der Waals surface area contributed by atoms with Crippen molar-refractivity contribution in [2.75, 3.05) is 0 Å². The number of hydrogen-bond donors (Lipinski definition) is 0. The van der Waals surface area contributed by atoms with Crippen LogP contribution in [0.1, 0.15) is 0 Å². The van der Waals surface area contributed by atoms with Gasteiger partial charge in [0, 0.05) is 57.7 Å². The molecule has 1 nitrogen and oxygen atoms in total. The summed E-state index contributed by atoms with van der Waals surface area (Å²) in [5, 5.41) is 5.37. The molecule has 0 saturated carbocycles. The van der Waals surface area contributed by atoms with Gasteiger partial charge in [-0.3, -0.25) is 4.98 Å². The number of fused-ring (bicyclic) bond motifs is 6. The third-order valence-electron chi connectivity index (χ3n) is 6.13. The maximum atomic E-state index is 4.70. The molecule has 0 amide bonds. The van der Waals surface area contributed by atoms with Gasteiger partial charge in [-0.15, -0.1) is 22.7 Å². The number of benzene rings is 4. The summed E-state index contributed by atoms with van der Waals surface area (Å²) in [6.07, 6.45) is 1.95. The second-order valence-electron chi connectivity index (χ2n) is 7.99. The molecule has 0 fully saturated rings. The fraction of sp³-hybridized carbons (Fsp3) is 0. The lowest BCUT2D eigenvalue weighted by Crippen LogP contribution is -1.87. The van der Waals surface area contributed by atoms with Crippen molar-refractivity contribution in [1.29, 1.82) is 0 Å². The van der Waals surface area contributed by atoms with Crippen LogP contribution in [0.3, 0.4) is 0 Å². The second-order valence-corrected chi connectivity index (χ2v) is 10.2. The van der Waals surface area contributed by atoms with Crippen molar-refractivity contribution in [2.45, 2.75) is 0 Å². The first-order chi connectivity index (χ1) is 15.9. The zero-order valence-electron chi connectivity index (χ0n) is 17.1. The van der Waals surface area contributed by atoms with Crippen molar-refractivity contribution in [3.63, 3.8) is 0 Å². The van der Waals surface area contributed by atoms with Gasteiger partial charge in [-0.05, 0) is 35.9 Å². The summed E-state index contributed by atoms with van der Waals surface area (Å²) in [4.78, 5) is 4.70. The Balaban J connectivity index is 1.67. The van der Waals surface area contributed by atoms with E-state index in [1.807, 2.05) is 34.9 Å². The minimum atomic E-state index is 1.01. The molecule has 150 valence electrons. The van der Waals surface area contributed by atoms with E-state index in [4.69, 9.17) is 4.98 Å². The van der Waals surface area contributed by atoms with E-state index in [0.29, 0.717) is 0 Å². The van der Waals surface area contributed by atoms with E-state index >= 15 is 0 Å². The Morgan fingerprint density at radius 2 is 1.09 bits per heavy atom. The van der Waals surface area contributed by atoms with Gasteiger partial charge in [-0.2, -0.15) is 0 Å². The average molecular weight is 444 g/mol. The Bertz CT molecular complexity index is 1690. The SMILES string of the molecule is c1ccc(-c2cc(-c3c4c(cc5sc6ccccc6c35)sc3ccccc34)ccn2)cc1. The molecule has 0 N–H and O–H groups in total. The van der Waals surface area contributed by atoms with E-state index in [2.05, 4.69) is 91.0 Å². The Labute approximate surface area is 193 Å². The van der Waals surface area contributed by atoms with Gasteiger partial charge in [0.25, 0.3) is 0 Å². The van der Waals surface area contributed by atoms with Crippen LogP contribution in [0.4, 0.5) is 0 Å². The smallest absolute Gasteiger partial charge is 0.0708 e. The average Bonchev–Trinajstić information content (AvgIpc) is 3.41. The van der Waals surface area contributed by atoms with Gasteiger partial charge in [0.15, 0.2) is 0 Å². The molecule has 0 aliphatic carbocycles. The summed E-state index contributed by atoms with van der Waals surface area (Å²) in [5.74, 6) is 0. The number of hydrogen-bond acceptors (Lipinski definition) is 3. The van der Waals surface area contributed by atoms with Crippen molar-refractivity contribution in [1.82, 2.24) is 4.98 Å². The molecule has 0 radical (unpaired) electrons. The van der Waals surface area contributed by atoms with Crippen LogP contribution in [0.2, 0.25) is 0 Å². The molecule has 3 aromatic heterocycles. The lowest BCUT2D eigenvalue weighted by Gasteiger charge is -2.10. The molecule has 7 rings (SSSR count). The van der Waals surface area contributed by atoms with Gasteiger partial charge < -0.3 is 0 Å².